The van der Waals surface area contributed by atoms with Crippen LogP contribution in [0.2, 0.25) is 0 Å². The van der Waals surface area contributed by atoms with Gasteiger partial charge in [0.15, 0.2) is 0 Å². The molecule has 0 aliphatic rings. The van der Waals surface area contributed by atoms with E-state index in [1.54, 1.807) is 0 Å². The molecular formula is C13H9Br2N3. The van der Waals surface area contributed by atoms with Crippen molar-refractivity contribution in [3.8, 4) is 11.4 Å². The van der Waals surface area contributed by atoms with Crippen LogP contribution in [-0.2, 0) is 0 Å². The number of nitrogen functional groups attached to an aromatic ring is 1. The fourth-order valence-electron chi connectivity index (χ4n) is 1.80. The van der Waals surface area contributed by atoms with Crippen LogP contribution >= 0.6 is 31.9 Å². The van der Waals surface area contributed by atoms with Gasteiger partial charge in [0, 0.05) is 15.7 Å². The summed E-state index contributed by atoms with van der Waals surface area (Å²) in [5.74, 6) is 0.837. The number of hydrogen-bond donors (Lipinski definition) is 2. The van der Waals surface area contributed by atoms with Gasteiger partial charge in [-0.25, -0.2) is 4.98 Å². The molecule has 0 bridgehead atoms. The molecule has 1 heterocycles. The lowest BCUT2D eigenvalue weighted by atomic mass is 10.2. The summed E-state index contributed by atoms with van der Waals surface area (Å²) >= 11 is 6.88. The highest BCUT2D eigenvalue weighted by molar-refractivity contribution is 9.11. The van der Waals surface area contributed by atoms with Crippen molar-refractivity contribution in [3.05, 3.63) is 45.3 Å². The lowest BCUT2D eigenvalue weighted by molar-refractivity contribution is 1.33. The minimum atomic E-state index is 0.691. The van der Waals surface area contributed by atoms with Crippen molar-refractivity contribution in [2.45, 2.75) is 0 Å². The van der Waals surface area contributed by atoms with Gasteiger partial charge in [-0.15, -0.1) is 0 Å². The van der Waals surface area contributed by atoms with Crippen molar-refractivity contribution in [3.63, 3.8) is 0 Å². The molecule has 0 aliphatic heterocycles. The molecule has 3 rings (SSSR count). The number of H-pyrrole nitrogens is 1. The van der Waals surface area contributed by atoms with Crippen molar-refractivity contribution in [1.82, 2.24) is 9.97 Å². The number of fused-ring (bicyclic) bond motifs is 1. The van der Waals surface area contributed by atoms with Gasteiger partial charge in [0.25, 0.3) is 0 Å². The summed E-state index contributed by atoms with van der Waals surface area (Å²) in [6.45, 7) is 0. The smallest absolute Gasteiger partial charge is 0.138 e. The van der Waals surface area contributed by atoms with Crippen LogP contribution in [0.3, 0.4) is 0 Å². The number of benzene rings is 2. The molecule has 18 heavy (non-hydrogen) atoms. The van der Waals surface area contributed by atoms with Crippen molar-refractivity contribution in [1.29, 1.82) is 0 Å². The lowest BCUT2D eigenvalue weighted by Gasteiger charge is -1.96. The van der Waals surface area contributed by atoms with Gasteiger partial charge in [-0.3, -0.25) is 0 Å². The molecule has 5 heteroatoms. The maximum Gasteiger partial charge on any atom is 0.138 e. The molecule has 3 N–H and O–H groups in total. The second-order valence-electron chi connectivity index (χ2n) is 3.96. The van der Waals surface area contributed by atoms with Gasteiger partial charge in [-0.2, -0.15) is 0 Å². The molecule has 2 aromatic carbocycles. The largest absolute Gasteiger partial charge is 0.398 e. The molecule has 0 fully saturated rings. The molecule has 0 radical (unpaired) electrons. The van der Waals surface area contributed by atoms with Gasteiger partial charge >= 0.3 is 0 Å². The van der Waals surface area contributed by atoms with Gasteiger partial charge in [0.2, 0.25) is 0 Å². The van der Waals surface area contributed by atoms with E-state index < -0.39 is 0 Å². The number of imidazole rings is 1. The van der Waals surface area contributed by atoms with Crippen molar-refractivity contribution in [2.24, 2.45) is 0 Å². The molecule has 0 amide bonds. The zero-order valence-corrected chi connectivity index (χ0v) is 12.4. The van der Waals surface area contributed by atoms with Gasteiger partial charge in [-0.1, -0.05) is 28.1 Å². The summed E-state index contributed by atoms with van der Waals surface area (Å²) in [5.41, 5.74) is 9.40. The average Bonchev–Trinajstić information content (AvgIpc) is 2.80. The maximum atomic E-state index is 5.85. The summed E-state index contributed by atoms with van der Waals surface area (Å²) in [7, 11) is 0. The number of nitrogens with one attached hydrogen (secondary N) is 1. The van der Waals surface area contributed by atoms with Gasteiger partial charge in [0.1, 0.15) is 11.3 Å². The van der Waals surface area contributed by atoms with E-state index >= 15 is 0 Å². The van der Waals surface area contributed by atoms with Crippen LogP contribution in [0.4, 0.5) is 5.69 Å². The van der Waals surface area contributed by atoms with Crippen LogP contribution in [0.1, 0.15) is 0 Å². The first kappa shape index (κ1) is 11.7. The summed E-state index contributed by atoms with van der Waals surface area (Å²) in [4.78, 5) is 7.86. The van der Waals surface area contributed by atoms with Crippen molar-refractivity contribution in [2.75, 3.05) is 5.73 Å². The fraction of sp³-hybridized carbons (Fsp3) is 0. The Balaban J connectivity index is 2.19. The normalized spacial score (nSPS) is 11.0. The summed E-state index contributed by atoms with van der Waals surface area (Å²) in [6.07, 6.45) is 0. The second-order valence-corrected chi connectivity index (χ2v) is 5.67. The predicted molar refractivity (Wildman–Crippen MR) is 81.3 cm³/mol. The third-order valence-electron chi connectivity index (χ3n) is 2.74. The highest BCUT2D eigenvalue weighted by Gasteiger charge is 2.09. The highest BCUT2D eigenvalue weighted by atomic mass is 79.9. The molecule has 0 aliphatic carbocycles. The Bertz CT molecular complexity index is 717. The van der Waals surface area contributed by atoms with E-state index in [0.29, 0.717) is 5.69 Å². The van der Waals surface area contributed by atoms with Gasteiger partial charge in [0.05, 0.1) is 9.99 Å². The minimum Gasteiger partial charge on any atom is -0.398 e. The molecule has 1 aromatic heterocycles. The number of nitrogens with two attached hydrogens (primary N) is 1. The standard InChI is InChI=1S/C13H9Br2N3/c14-8-3-1-7(2-4-8)13-17-10-6-5-9(16)11(15)12(10)18-13/h1-6H,16H2,(H,17,18). The van der Waals surface area contributed by atoms with E-state index in [-0.39, 0.29) is 0 Å². The molecule has 0 unspecified atom stereocenters. The maximum absolute atomic E-state index is 5.85. The van der Waals surface area contributed by atoms with E-state index in [4.69, 9.17) is 5.73 Å². The van der Waals surface area contributed by atoms with Crippen LogP contribution in [0.5, 0.6) is 0 Å². The fourth-order valence-corrected chi connectivity index (χ4v) is 2.50. The van der Waals surface area contributed by atoms with Gasteiger partial charge < -0.3 is 10.7 Å². The first-order valence-electron chi connectivity index (χ1n) is 5.35. The summed E-state index contributed by atoms with van der Waals surface area (Å²) in [5, 5.41) is 0. The summed E-state index contributed by atoms with van der Waals surface area (Å²) < 4.78 is 1.88. The third kappa shape index (κ3) is 1.93. The van der Waals surface area contributed by atoms with Crippen LogP contribution in [-0.4, -0.2) is 9.97 Å². The number of rotatable bonds is 1. The van der Waals surface area contributed by atoms with Gasteiger partial charge in [-0.05, 0) is 40.2 Å². The zero-order chi connectivity index (χ0) is 12.7. The molecule has 0 spiro atoms. The number of aromatic nitrogens is 2. The van der Waals surface area contributed by atoms with Crippen LogP contribution in [0.15, 0.2) is 45.3 Å². The van der Waals surface area contributed by atoms with E-state index in [1.807, 2.05) is 36.4 Å². The topological polar surface area (TPSA) is 54.7 Å². The van der Waals surface area contributed by atoms with Crippen molar-refractivity contribution < 1.29 is 0 Å². The van der Waals surface area contributed by atoms with Crippen LogP contribution in [0, 0.1) is 0 Å². The number of nitrogens with zero attached hydrogens (tertiary/aromatic N) is 1. The first-order valence-corrected chi connectivity index (χ1v) is 6.93. The molecule has 3 nitrogen and oxygen atoms in total. The Morgan fingerprint density at radius 2 is 1.72 bits per heavy atom. The lowest BCUT2D eigenvalue weighted by Crippen LogP contribution is -1.86. The third-order valence-corrected chi connectivity index (χ3v) is 4.10. The second kappa shape index (κ2) is 4.40. The van der Waals surface area contributed by atoms with E-state index in [2.05, 4.69) is 41.8 Å². The monoisotopic (exact) mass is 365 g/mol. The molecule has 90 valence electrons. The average molecular weight is 367 g/mol. The molecule has 0 saturated heterocycles. The first-order chi connectivity index (χ1) is 8.65. The SMILES string of the molecule is Nc1ccc2[nH]c(-c3ccc(Br)cc3)nc2c1Br. The highest BCUT2D eigenvalue weighted by Crippen LogP contribution is 2.30. The molecule has 0 saturated carbocycles. The van der Waals surface area contributed by atoms with Crippen LogP contribution in [0.25, 0.3) is 22.4 Å². The predicted octanol–water partition coefficient (Wildman–Crippen LogP) is 4.34. The molecule has 0 atom stereocenters. The zero-order valence-electron chi connectivity index (χ0n) is 9.24. The number of halogens is 2. The molecule has 3 aromatic rings. The number of anilines is 1. The van der Waals surface area contributed by atoms with Crippen molar-refractivity contribution >= 4 is 48.6 Å². The Morgan fingerprint density at radius 3 is 2.44 bits per heavy atom. The van der Waals surface area contributed by atoms with E-state index in [9.17, 15) is 0 Å². The number of aromatic amines is 1. The Labute approximate surface area is 121 Å². The quantitative estimate of drug-likeness (QED) is 0.629. The Kier molecular flexibility index (Phi) is 2.87. The number of hydrogen-bond acceptors (Lipinski definition) is 2. The Hall–Kier alpha value is -1.33. The summed E-state index contributed by atoms with van der Waals surface area (Å²) in [6, 6.07) is 11.8. The van der Waals surface area contributed by atoms with E-state index in [0.717, 1.165) is 31.4 Å². The Morgan fingerprint density at radius 1 is 1.00 bits per heavy atom. The van der Waals surface area contributed by atoms with Crippen LogP contribution < -0.4 is 5.73 Å². The minimum absolute atomic E-state index is 0.691. The van der Waals surface area contributed by atoms with E-state index in [1.165, 1.54) is 0 Å². The molecular weight excluding hydrogens is 358 g/mol.